The summed E-state index contributed by atoms with van der Waals surface area (Å²) in [6, 6.07) is -0.645. The molecule has 0 rings (SSSR count). The van der Waals surface area contributed by atoms with Gasteiger partial charge in [0, 0.05) is 12.8 Å². The molecule has 0 bridgehead atoms. The van der Waals surface area contributed by atoms with Crippen molar-refractivity contribution in [1.82, 2.24) is 5.32 Å². The van der Waals surface area contributed by atoms with Gasteiger partial charge in [0.1, 0.15) is 0 Å². The van der Waals surface area contributed by atoms with Crippen LogP contribution < -0.4 is 5.32 Å². The first kappa shape index (κ1) is 47.3. The summed E-state index contributed by atoms with van der Waals surface area (Å²) in [5, 5.41) is 22.8. The smallest absolute Gasteiger partial charge is 0.305 e. The minimum atomic E-state index is -0.859. The number of aliphatic hydroxyl groups excluding tert-OH is 2. The van der Waals surface area contributed by atoms with Crippen LogP contribution in [0.1, 0.15) is 213 Å². The molecule has 2 atom stereocenters. The average Bonchev–Trinajstić information content (AvgIpc) is 3.10. The summed E-state index contributed by atoms with van der Waals surface area (Å²) in [4.78, 5) is 24.3. The van der Waals surface area contributed by atoms with Crippen LogP contribution in [0.2, 0.25) is 0 Å². The number of rotatable bonds is 38. The van der Waals surface area contributed by atoms with E-state index in [1.807, 2.05) is 6.08 Å². The van der Waals surface area contributed by atoms with E-state index < -0.39 is 12.1 Å². The third kappa shape index (κ3) is 36.0. The van der Waals surface area contributed by atoms with Gasteiger partial charge in [0.15, 0.2) is 0 Å². The Labute approximate surface area is 303 Å². The quantitative estimate of drug-likeness (QED) is 0.0340. The van der Waals surface area contributed by atoms with Gasteiger partial charge in [0.2, 0.25) is 5.91 Å². The Balaban J connectivity index is 3.53. The Bertz CT molecular complexity index is 767. The number of nitrogens with one attached hydrogen (secondary N) is 1. The predicted octanol–water partition coefficient (Wildman–Crippen LogP) is 11.6. The number of hydrogen-bond acceptors (Lipinski definition) is 5. The molecular weight excluding hydrogens is 610 g/mol. The lowest BCUT2D eigenvalue weighted by Gasteiger charge is -2.20. The third-order valence-electron chi connectivity index (χ3n) is 9.47. The van der Waals surface area contributed by atoms with E-state index in [-0.39, 0.29) is 18.5 Å². The molecule has 6 nitrogen and oxygen atoms in total. The van der Waals surface area contributed by atoms with Gasteiger partial charge >= 0.3 is 5.97 Å². The molecule has 49 heavy (non-hydrogen) atoms. The fourth-order valence-corrected chi connectivity index (χ4v) is 6.15. The summed E-state index contributed by atoms with van der Waals surface area (Å²) < 4.78 is 5.42. The summed E-state index contributed by atoms with van der Waals surface area (Å²) in [5.74, 6) is -0.138. The van der Waals surface area contributed by atoms with Gasteiger partial charge in [-0.3, -0.25) is 9.59 Å². The largest absolute Gasteiger partial charge is 0.466 e. The Morgan fingerprint density at radius 2 is 0.959 bits per heavy atom. The number of carbonyl (C=O) groups is 2. The molecule has 1 amide bonds. The molecular formula is C43H81NO5. The summed E-state index contributed by atoms with van der Waals surface area (Å²) in [7, 11) is 0. The number of esters is 1. The van der Waals surface area contributed by atoms with Crippen LogP contribution in [0.25, 0.3) is 0 Å². The zero-order valence-corrected chi connectivity index (χ0v) is 32.4. The Hall–Kier alpha value is -1.66. The van der Waals surface area contributed by atoms with Gasteiger partial charge in [-0.05, 0) is 57.8 Å². The molecule has 0 aliphatic heterocycles. The monoisotopic (exact) mass is 692 g/mol. The number of ether oxygens (including phenoxy) is 1. The Kier molecular flexibility index (Phi) is 37.8. The van der Waals surface area contributed by atoms with Gasteiger partial charge in [-0.15, -0.1) is 0 Å². The molecule has 0 aliphatic carbocycles. The highest BCUT2D eigenvalue weighted by molar-refractivity contribution is 5.76. The summed E-state index contributed by atoms with van der Waals surface area (Å²) >= 11 is 0. The van der Waals surface area contributed by atoms with Crippen LogP contribution in [-0.4, -0.2) is 47.4 Å². The van der Waals surface area contributed by atoms with Gasteiger partial charge in [0.25, 0.3) is 0 Å². The van der Waals surface area contributed by atoms with Crippen molar-refractivity contribution in [3.05, 3.63) is 24.3 Å². The van der Waals surface area contributed by atoms with E-state index in [4.69, 9.17) is 4.74 Å². The number of carbonyl (C=O) groups excluding carboxylic acids is 2. The van der Waals surface area contributed by atoms with Gasteiger partial charge in [-0.2, -0.15) is 0 Å². The van der Waals surface area contributed by atoms with Gasteiger partial charge < -0.3 is 20.3 Å². The molecule has 0 spiro atoms. The van der Waals surface area contributed by atoms with E-state index in [0.29, 0.717) is 19.4 Å². The van der Waals surface area contributed by atoms with Gasteiger partial charge in [0.05, 0.1) is 25.4 Å². The summed E-state index contributed by atoms with van der Waals surface area (Å²) in [6.07, 6.45) is 43.0. The number of allylic oxidation sites excluding steroid dienone is 3. The van der Waals surface area contributed by atoms with E-state index in [2.05, 4.69) is 31.3 Å². The van der Waals surface area contributed by atoms with E-state index >= 15 is 0 Å². The first-order valence-electron chi connectivity index (χ1n) is 21.1. The molecule has 0 radical (unpaired) electrons. The van der Waals surface area contributed by atoms with Crippen LogP contribution in [0.3, 0.4) is 0 Å². The van der Waals surface area contributed by atoms with Crippen molar-refractivity contribution >= 4 is 11.9 Å². The van der Waals surface area contributed by atoms with Gasteiger partial charge in [-0.1, -0.05) is 167 Å². The SMILES string of the molecule is CCCCCCC/C=C\CCCCCCCC(=O)OCCCCCCCCCCCC(=O)NC(CO)C(O)/C=C/CCCCCCCCC. The maximum Gasteiger partial charge on any atom is 0.305 e. The molecule has 0 aromatic carbocycles. The maximum atomic E-state index is 12.3. The highest BCUT2D eigenvalue weighted by atomic mass is 16.5. The molecule has 0 fully saturated rings. The van der Waals surface area contributed by atoms with Crippen molar-refractivity contribution in [3.63, 3.8) is 0 Å². The van der Waals surface area contributed by atoms with E-state index in [0.717, 1.165) is 57.8 Å². The minimum Gasteiger partial charge on any atom is -0.466 e. The maximum absolute atomic E-state index is 12.3. The zero-order chi connectivity index (χ0) is 35.9. The molecule has 0 aromatic rings. The normalized spacial score (nSPS) is 13.0. The Morgan fingerprint density at radius 1 is 0.551 bits per heavy atom. The molecule has 2 unspecified atom stereocenters. The predicted molar refractivity (Wildman–Crippen MR) is 209 cm³/mol. The van der Waals surface area contributed by atoms with Crippen LogP contribution in [0, 0.1) is 0 Å². The minimum absolute atomic E-state index is 0.0375. The summed E-state index contributed by atoms with van der Waals surface area (Å²) in [6.45, 7) is 4.77. The van der Waals surface area contributed by atoms with Crippen molar-refractivity contribution in [2.75, 3.05) is 13.2 Å². The standard InChI is InChI=1S/C43H81NO5/c1-3-5-7-9-11-13-14-15-16-17-21-25-29-33-37-43(48)49-38-34-30-26-22-18-20-24-28-32-36-42(47)44-40(39-45)41(46)35-31-27-23-19-12-10-8-6-4-2/h14-15,31,35,40-41,45-46H,3-13,16-30,32-34,36-39H2,1-2H3,(H,44,47)/b15-14-,35-31+. The number of aliphatic hydroxyl groups is 2. The average molecular weight is 692 g/mol. The topological polar surface area (TPSA) is 95.9 Å². The van der Waals surface area contributed by atoms with Crippen LogP contribution in [0.4, 0.5) is 0 Å². The second kappa shape index (κ2) is 39.1. The fourth-order valence-electron chi connectivity index (χ4n) is 6.15. The number of hydrogen-bond donors (Lipinski definition) is 3. The van der Waals surface area contributed by atoms with Crippen LogP contribution in [0.5, 0.6) is 0 Å². The van der Waals surface area contributed by atoms with Crippen molar-refractivity contribution in [2.45, 2.75) is 225 Å². The fraction of sp³-hybridized carbons (Fsp3) is 0.860. The molecule has 0 heterocycles. The van der Waals surface area contributed by atoms with Crippen LogP contribution in [-0.2, 0) is 14.3 Å². The van der Waals surface area contributed by atoms with Crippen molar-refractivity contribution in [3.8, 4) is 0 Å². The number of unbranched alkanes of at least 4 members (excludes halogenated alkanes) is 25. The molecule has 0 saturated heterocycles. The molecule has 288 valence electrons. The van der Waals surface area contributed by atoms with Gasteiger partial charge in [-0.25, -0.2) is 0 Å². The van der Waals surface area contributed by atoms with E-state index in [9.17, 15) is 19.8 Å². The third-order valence-corrected chi connectivity index (χ3v) is 9.47. The van der Waals surface area contributed by atoms with E-state index in [1.54, 1.807) is 6.08 Å². The van der Waals surface area contributed by atoms with E-state index in [1.165, 1.54) is 128 Å². The van der Waals surface area contributed by atoms with Crippen molar-refractivity contribution < 1.29 is 24.5 Å². The molecule has 3 N–H and O–H groups in total. The van der Waals surface area contributed by atoms with Crippen molar-refractivity contribution in [1.29, 1.82) is 0 Å². The van der Waals surface area contributed by atoms with Crippen LogP contribution in [0.15, 0.2) is 24.3 Å². The lowest BCUT2D eigenvalue weighted by molar-refractivity contribution is -0.143. The zero-order valence-electron chi connectivity index (χ0n) is 32.4. The van der Waals surface area contributed by atoms with Crippen molar-refractivity contribution in [2.24, 2.45) is 0 Å². The lowest BCUT2D eigenvalue weighted by Crippen LogP contribution is -2.45. The lowest BCUT2D eigenvalue weighted by atomic mass is 10.1. The highest BCUT2D eigenvalue weighted by Gasteiger charge is 2.18. The summed E-state index contributed by atoms with van der Waals surface area (Å²) in [5.41, 5.74) is 0. The Morgan fingerprint density at radius 3 is 1.45 bits per heavy atom. The molecule has 0 aromatic heterocycles. The highest BCUT2D eigenvalue weighted by Crippen LogP contribution is 2.13. The second-order valence-electron chi connectivity index (χ2n) is 14.3. The number of amides is 1. The first-order valence-corrected chi connectivity index (χ1v) is 21.1. The second-order valence-corrected chi connectivity index (χ2v) is 14.3. The molecule has 0 aliphatic rings. The first-order chi connectivity index (χ1) is 24.0. The van der Waals surface area contributed by atoms with Crippen LogP contribution >= 0.6 is 0 Å². The molecule has 0 saturated carbocycles. The molecule has 6 heteroatoms.